The third-order valence-corrected chi connectivity index (χ3v) is 5.12. The summed E-state index contributed by atoms with van der Waals surface area (Å²) >= 11 is 0.922. The summed E-state index contributed by atoms with van der Waals surface area (Å²) < 4.78 is 0. The smallest absolute Gasteiger partial charge is 0.293 e. The molecule has 2 aromatic carbocycles. The van der Waals surface area contributed by atoms with Gasteiger partial charge in [-0.05, 0) is 47.5 Å². The zero-order valence-corrected chi connectivity index (χ0v) is 15.8. The summed E-state index contributed by atoms with van der Waals surface area (Å²) in [4.78, 5) is 38.3. The van der Waals surface area contributed by atoms with Gasteiger partial charge in [0.05, 0.1) is 4.91 Å². The van der Waals surface area contributed by atoms with E-state index in [2.05, 4.69) is 12.2 Å². The Balaban J connectivity index is 1.56. The molecule has 1 aliphatic heterocycles. The first kappa shape index (κ1) is 18.9. The first-order valence-electron chi connectivity index (χ1n) is 8.76. The summed E-state index contributed by atoms with van der Waals surface area (Å²) in [5.41, 5.74) is 2.59. The van der Waals surface area contributed by atoms with Crippen LogP contribution in [-0.4, -0.2) is 35.0 Å². The first-order chi connectivity index (χ1) is 13.1. The monoisotopic (exact) mass is 380 g/mol. The number of thioether (sulfide) groups is 1. The number of nitrogens with one attached hydrogen (secondary N) is 1. The quantitative estimate of drug-likeness (QED) is 0.776. The number of amides is 3. The molecular formula is C21H20N2O3S. The van der Waals surface area contributed by atoms with Crippen LogP contribution in [0.5, 0.6) is 0 Å². The molecule has 0 atom stereocenters. The number of imide groups is 1. The first-order valence-corrected chi connectivity index (χ1v) is 9.57. The molecule has 2 aromatic rings. The molecule has 0 saturated carbocycles. The lowest BCUT2D eigenvalue weighted by molar-refractivity contribution is -0.122. The van der Waals surface area contributed by atoms with Crippen molar-refractivity contribution in [2.45, 2.75) is 13.3 Å². The van der Waals surface area contributed by atoms with E-state index in [1.54, 1.807) is 18.2 Å². The molecule has 1 fully saturated rings. The Morgan fingerprint density at radius 1 is 1.07 bits per heavy atom. The summed E-state index contributed by atoms with van der Waals surface area (Å²) in [6, 6.07) is 16.8. The molecule has 1 N–H and O–H groups in total. The van der Waals surface area contributed by atoms with Crippen molar-refractivity contribution in [3.05, 3.63) is 76.2 Å². The second-order valence-electron chi connectivity index (χ2n) is 6.05. The van der Waals surface area contributed by atoms with Gasteiger partial charge in [-0.3, -0.25) is 19.3 Å². The lowest BCUT2D eigenvalue weighted by Gasteiger charge is -2.13. The van der Waals surface area contributed by atoms with Gasteiger partial charge in [0, 0.05) is 18.7 Å². The number of hydrogen-bond acceptors (Lipinski definition) is 4. The normalized spacial score (nSPS) is 15.4. The van der Waals surface area contributed by atoms with Crippen LogP contribution < -0.4 is 5.32 Å². The van der Waals surface area contributed by atoms with Crippen LogP contribution >= 0.6 is 11.8 Å². The Labute approximate surface area is 162 Å². The van der Waals surface area contributed by atoms with E-state index in [1.165, 1.54) is 4.90 Å². The Hall–Kier alpha value is -2.86. The molecule has 27 heavy (non-hydrogen) atoms. The van der Waals surface area contributed by atoms with Crippen molar-refractivity contribution in [1.29, 1.82) is 0 Å². The molecule has 5 nitrogen and oxygen atoms in total. The van der Waals surface area contributed by atoms with Gasteiger partial charge in [-0.15, -0.1) is 0 Å². The molecule has 3 amide bonds. The largest absolute Gasteiger partial charge is 0.350 e. The minimum Gasteiger partial charge on any atom is -0.350 e. The second-order valence-corrected chi connectivity index (χ2v) is 7.04. The van der Waals surface area contributed by atoms with Gasteiger partial charge in [-0.2, -0.15) is 0 Å². The zero-order chi connectivity index (χ0) is 19.2. The maximum absolute atomic E-state index is 12.4. The van der Waals surface area contributed by atoms with Gasteiger partial charge in [0.15, 0.2) is 0 Å². The Morgan fingerprint density at radius 3 is 2.44 bits per heavy atom. The van der Waals surface area contributed by atoms with Gasteiger partial charge >= 0.3 is 0 Å². The molecule has 138 valence electrons. The van der Waals surface area contributed by atoms with E-state index in [0.717, 1.165) is 29.3 Å². The van der Waals surface area contributed by atoms with Gasteiger partial charge < -0.3 is 5.32 Å². The average Bonchev–Trinajstić information content (AvgIpc) is 2.96. The van der Waals surface area contributed by atoms with Gasteiger partial charge in [-0.1, -0.05) is 49.4 Å². The average molecular weight is 380 g/mol. The van der Waals surface area contributed by atoms with Crippen molar-refractivity contribution in [3.8, 4) is 0 Å². The lowest BCUT2D eigenvalue weighted by atomic mass is 10.1. The van der Waals surface area contributed by atoms with E-state index >= 15 is 0 Å². The number of nitrogens with zero attached hydrogens (tertiary/aromatic N) is 1. The molecule has 0 radical (unpaired) electrons. The van der Waals surface area contributed by atoms with Crippen LogP contribution in [-0.2, 0) is 11.2 Å². The minimum atomic E-state index is -0.324. The number of carbonyl (C=O) groups excluding carboxylic acids is 3. The molecule has 0 bridgehead atoms. The molecule has 0 aromatic heterocycles. The van der Waals surface area contributed by atoms with E-state index in [0.29, 0.717) is 10.5 Å². The maximum atomic E-state index is 12.4. The Kier molecular flexibility index (Phi) is 6.08. The molecule has 0 spiro atoms. The van der Waals surface area contributed by atoms with Crippen molar-refractivity contribution in [1.82, 2.24) is 10.2 Å². The molecule has 1 heterocycles. The van der Waals surface area contributed by atoms with Crippen molar-refractivity contribution in [2.24, 2.45) is 0 Å². The number of rotatable bonds is 6. The Morgan fingerprint density at radius 2 is 1.78 bits per heavy atom. The van der Waals surface area contributed by atoms with E-state index in [-0.39, 0.29) is 30.1 Å². The van der Waals surface area contributed by atoms with E-state index < -0.39 is 0 Å². The zero-order valence-electron chi connectivity index (χ0n) is 15.0. The summed E-state index contributed by atoms with van der Waals surface area (Å²) in [7, 11) is 0. The van der Waals surface area contributed by atoms with E-state index in [1.807, 2.05) is 42.5 Å². The third-order valence-electron chi connectivity index (χ3n) is 4.22. The highest BCUT2D eigenvalue weighted by Gasteiger charge is 2.34. The SMILES string of the molecule is CCc1ccc(C(=O)NCCN2C(=O)SC(=Cc3ccccc3)C2=O)cc1. The molecular weight excluding hydrogens is 360 g/mol. The van der Waals surface area contributed by atoms with Crippen LogP contribution in [0.3, 0.4) is 0 Å². The van der Waals surface area contributed by atoms with Crippen LogP contribution in [0.25, 0.3) is 6.08 Å². The second kappa shape index (κ2) is 8.68. The number of benzene rings is 2. The summed E-state index contributed by atoms with van der Waals surface area (Å²) in [5.74, 6) is -0.542. The van der Waals surface area contributed by atoms with Crippen LogP contribution in [0, 0.1) is 0 Å². The highest BCUT2D eigenvalue weighted by atomic mass is 32.2. The molecule has 6 heteroatoms. The number of carbonyl (C=O) groups is 3. The minimum absolute atomic E-state index is 0.148. The molecule has 1 aliphatic rings. The third kappa shape index (κ3) is 4.65. The van der Waals surface area contributed by atoms with E-state index in [9.17, 15) is 14.4 Å². The fraction of sp³-hybridized carbons (Fsp3) is 0.190. The summed E-state index contributed by atoms with van der Waals surface area (Å²) in [5, 5.41) is 2.44. The highest BCUT2D eigenvalue weighted by Crippen LogP contribution is 2.31. The molecule has 3 rings (SSSR count). The molecule has 0 unspecified atom stereocenters. The highest BCUT2D eigenvalue weighted by molar-refractivity contribution is 8.18. The predicted molar refractivity (Wildman–Crippen MR) is 107 cm³/mol. The van der Waals surface area contributed by atoms with Crippen LogP contribution in [0.4, 0.5) is 4.79 Å². The van der Waals surface area contributed by atoms with Crippen LogP contribution in [0.2, 0.25) is 0 Å². The van der Waals surface area contributed by atoms with Gasteiger partial charge in [0.2, 0.25) is 0 Å². The van der Waals surface area contributed by atoms with Crippen molar-refractivity contribution >= 4 is 34.9 Å². The van der Waals surface area contributed by atoms with Crippen molar-refractivity contribution in [2.75, 3.05) is 13.1 Å². The predicted octanol–water partition coefficient (Wildman–Crippen LogP) is 3.72. The standard InChI is InChI=1S/C21H20N2O3S/c1-2-15-8-10-17(11-9-15)19(24)22-12-13-23-20(25)18(27-21(23)26)14-16-6-4-3-5-7-16/h3-11,14H,2,12-13H2,1H3,(H,22,24). The fourth-order valence-electron chi connectivity index (χ4n) is 2.67. The maximum Gasteiger partial charge on any atom is 0.293 e. The van der Waals surface area contributed by atoms with Crippen molar-refractivity contribution in [3.63, 3.8) is 0 Å². The Bertz CT molecular complexity index is 876. The number of aryl methyl sites for hydroxylation is 1. The van der Waals surface area contributed by atoms with Gasteiger partial charge in [-0.25, -0.2) is 0 Å². The fourth-order valence-corrected chi connectivity index (χ4v) is 3.53. The van der Waals surface area contributed by atoms with Gasteiger partial charge in [0.25, 0.3) is 17.1 Å². The molecule has 1 saturated heterocycles. The van der Waals surface area contributed by atoms with Gasteiger partial charge in [0.1, 0.15) is 0 Å². The number of hydrogen-bond donors (Lipinski definition) is 1. The van der Waals surface area contributed by atoms with Crippen LogP contribution in [0.1, 0.15) is 28.4 Å². The van der Waals surface area contributed by atoms with Crippen molar-refractivity contribution < 1.29 is 14.4 Å². The summed E-state index contributed by atoms with van der Waals surface area (Å²) in [6.07, 6.45) is 2.62. The van der Waals surface area contributed by atoms with E-state index in [4.69, 9.17) is 0 Å². The lowest BCUT2D eigenvalue weighted by Crippen LogP contribution is -2.37. The summed E-state index contributed by atoms with van der Waals surface area (Å²) in [6.45, 7) is 2.41. The van der Waals surface area contributed by atoms with Crippen LogP contribution in [0.15, 0.2) is 59.5 Å². The molecule has 0 aliphatic carbocycles. The topological polar surface area (TPSA) is 66.5 Å².